The van der Waals surface area contributed by atoms with Gasteiger partial charge >= 0.3 is 11.9 Å². The largest absolute Gasteiger partial charge is 0.494 e. The standard InChI is InChI=1S/C23H32O6/c1-18(2)23(26)29-17-9-6-10-22(25)28-16-8-5-4-7-15-27-21-13-11-20(12-14-21)19(3)24/h11-14H,1,4-10,15-17H2,2-3H3. The van der Waals surface area contributed by atoms with Gasteiger partial charge < -0.3 is 14.2 Å². The van der Waals surface area contributed by atoms with Gasteiger partial charge in [-0.15, -0.1) is 0 Å². The molecule has 1 aromatic carbocycles. The number of carbonyl (C=O) groups excluding carboxylic acids is 3. The molecule has 0 amide bonds. The molecule has 1 aromatic rings. The van der Waals surface area contributed by atoms with Crippen molar-refractivity contribution in [2.45, 2.75) is 58.8 Å². The molecule has 0 spiro atoms. The van der Waals surface area contributed by atoms with Crippen LogP contribution < -0.4 is 4.74 Å². The van der Waals surface area contributed by atoms with Crippen LogP contribution in [-0.4, -0.2) is 37.5 Å². The number of unbranched alkanes of at least 4 members (excludes halogenated alkanes) is 4. The molecule has 160 valence electrons. The van der Waals surface area contributed by atoms with Crippen LogP contribution in [0.25, 0.3) is 0 Å². The first-order chi connectivity index (χ1) is 13.9. The quantitative estimate of drug-likeness (QED) is 0.183. The van der Waals surface area contributed by atoms with Crippen LogP contribution in [0.1, 0.15) is 69.2 Å². The summed E-state index contributed by atoms with van der Waals surface area (Å²) in [6.45, 7) is 7.98. The van der Waals surface area contributed by atoms with Crippen LogP contribution in [0.15, 0.2) is 36.4 Å². The number of benzene rings is 1. The van der Waals surface area contributed by atoms with E-state index >= 15 is 0 Å². The summed E-state index contributed by atoms with van der Waals surface area (Å²) in [7, 11) is 0. The SMILES string of the molecule is C=C(C)C(=O)OCCCCC(=O)OCCCCCCOc1ccc(C(C)=O)cc1. The third kappa shape index (κ3) is 11.7. The maximum atomic E-state index is 11.6. The molecule has 0 aliphatic heterocycles. The number of hydrogen-bond donors (Lipinski definition) is 0. The molecule has 0 saturated carbocycles. The summed E-state index contributed by atoms with van der Waals surface area (Å²) in [5.74, 6) is 0.192. The van der Waals surface area contributed by atoms with E-state index in [0.717, 1.165) is 31.4 Å². The van der Waals surface area contributed by atoms with E-state index in [1.807, 2.05) is 0 Å². The Bertz CT molecular complexity index is 662. The number of ether oxygens (including phenoxy) is 3. The molecule has 0 atom stereocenters. The van der Waals surface area contributed by atoms with Gasteiger partial charge in [-0.05, 0) is 76.6 Å². The Morgan fingerprint density at radius 1 is 0.793 bits per heavy atom. The monoisotopic (exact) mass is 404 g/mol. The first kappa shape index (κ1) is 24.4. The Hall–Kier alpha value is -2.63. The van der Waals surface area contributed by atoms with Crippen molar-refractivity contribution in [3.8, 4) is 5.75 Å². The lowest BCUT2D eigenvalue weighted by atomic mass is 10.1. The fraction of sp³-hybridized carbons (Fsp3) is 0.522. The van der Waals surface area contributed by atoms with Crippen LogP contribution in [0.4, 0.5) is 0 Å². The number of esters is 2. The second-order valence-corrected chi connectivity index (χ2v) is 6.94. The molecule has 6 heteroatoms. The maximum absolute atomic E-state index is 11.6. The average molecular weight is 405 g/mol. The summed E-state index contributed by atoms with van der Waals surface area (Å²) < 4.78 is 15.8. The summed E-state index contributed by atoms with van der Waals surface area (Å²) in [6.07, 6.45) is 5.31. The fourth-order valence-corrected chi connectivity index (χ4v) is 2.45. The second-order valence-electron chi connectivity index (χ2n) is 6.94. The van der Waals surface area contributed by atoms with Gasteiger partial charge in [0.1, 0.15) is 5.75 Å². The van der Waals surface area contributed by atoms with Crippen LogP contribution in [-0.2, 0) is 19.1 Å². The van der Waals surface area contributed by atoms with E-state index in [9.17, 15) is 14.4 Å². The van der Waals surface area contributed by atoms with E-state index in [4.69, 9.17) is 14.2 Å². The van der Waals surface area contributed by atoms with Crippen molar-refractivity contribution in [1.82, 2.24) is 0 Å². The average Bonchev–Trinajstić information content (AvgIpc) is 2.69. The molecule has 0 saturated heterocycles. The second kappa shape index (κ2) is 14.4. The lowest BCUT2D eigenvalue weighted by Crippen LogP contribution is -2.08. The fourth-order valence-electron chi connectivity index (χ4n) is 2.45. The van der Waals surface area contributed by atoms with Crippen molar-refractivity contribution >= 4 is 17.7 Å². The Kier molecular flexibility index (Phi) is 12.1. The number of rotatable bonds is 15. The molecule has 0 unspecified atom stereocenters. The topological polar surface area (TPSA) is 78.9 Å². The summed E-state index contributed by atoms with van der Waals surface area (Å²) in [6, 6.07) is 7.14. The minimum Gasteiger partial charge on any atom is -0.494 e. The van der Waals surface area contributed by atoms with Gasteiger partial charge in [0, 0.05) is 17.6 Å². The molecule has 1 rings (SSSR count). The number of ketones is 1. The number of carbonyl (C=O) groups is 3. The van der Waals surface area contributed by atoms with E-state index in [-0.39, 0.29) is 11.8 Å². The van der Waals surface area contributed by atoms with Gasteiger partial charge in [-0.25, -0.2) is 4.79 Å². The lowest BCUT2D eigenvalue weighted by Gasteiger charge is -2.07. The molecule has 0 aromatic heterocycles. The molecular weight excluding hydrogens is 372 g/mol. The van der Waals surface area contributed by atoms with Gasteiger partial charge in [-0.3, -0.25) is 9.59 Å². The van der Waals surface area contributed by atoms with Gasteiger partial charge in [-0.1, -0.05) is 6.58 Å². The van der Waals surface area contributed by atoms with Crippen molar-refractivity contribution in [2.75, 3.05) is 19.8 Å². The highest BCUT2D eigenvalue weighted by atomic mass is 16.5. The van der Waals surface area contributed by atoms with E-state index in [2.05, 4.69) is 6.58 Å². The highest BCUT2D eigenvalue weighted by Gasteiger charge is 2.05. The summed E-state index contributed by atoms with van der Waals surface area (Å²) in [5.41, 5.74) is 1.05. The third-order valence-electron chi connectivity index (χ3n) is 4.19. The molecule has 6 nitrogen and oxygen atoms in total. The molecular formula is C23H32O6. The lowest BCUT2D eigenvalue weighted by molar-refractivity contribution is -0.143. The molecule has 0 aliphatic rings. The Labute approximate surface area is 173 Å². The molecule has 29 heavy (non-hydrogen) atoms. The van der Waals surface area contributed by atoms with Crippen molar-refractivity contribution < 1.29 is 28.6 Å². The van der Waals surface area contributed by atoms with Crippen LogP contribution in [0.5, 0.6) is 5.75 Å². The zero-order chi connectivity index (χ0) is 21.5. The third-order valence-corrected chi connectivity index (χ3v) is 4.19. The van der Waals surface area contributed by atoms with Gasteiger partial charge in [0.2, 0.25) is 0 Å². The van der Waals surface area contributed by atoms with Crippen molar-refractivity contribution in [2.24, 2.45) is 0 Å². The zero-order valence-corrected chi connectivity index (χ0v) is 17.5. The maximum Gasteiger partial charge on any atom is 0.333 e. The smallest absolute Gasteiger partial charge is 0.333 e. The summed E-state index contributed by atoms with van der Waals surface area (Å²) >= 11 is 0. The highest BCUT2D eigenvalue weighted by Crippen LogP contribution is 2.13. The van der Waals surface area contributed by atoms with Crippen LogP contribution >= 0.6 is 0 Å². The predicted molar refractivity (Wildman–Crippen MR) is 111 cm³/mol. The molecule has 0 radical (unpaired) electrons. The summed E-state index contributed by atoms with van der Waals surface area (Å²) in [5, 5.41) is 0. The van der Waals surface area contributed by atoms with Crippen LogP contribution in [0, 0.1) is 0 Å². The van der Waals surface area contributed by atoms with E-state index in [0.29, 0.717) is 50.2 Å². The van der Waals surface area contributed by atoms with E-state index in [1.165, 1.54) is 6.92 Å². The Morgan fingerprint density at radius 3 is 2.00 bits per heavy atom. The number of hydrogen-bond acceptors (Lipinski definition) is 6. The molecule has 0 aliphatic carbocycles. The van der Waals surface area contributed by atoms with Gasteiger partial charge in [0.15, 0.2) is 5.78 Å². The molecule has 0 fully saturated rings. The highest BCUT2D eigenvalue weighted by molar-refractivity contribution is 5.94. The minimum absolute atomic E-state index is 0.0429. The Morgan fingerprint density at radius 2 is 1.38 bits per heavy atom. The molecule has 0 N–H and O–H groups in total. The van der Waals surface area contributed by atoms with Crippen molar-refractivity contribution in [1.29, 1.82) is 0 Å². The van der Waals surface area contributed by atoms with Crippen LogP contribution in [0.2, 0.25) is 0 Å². The number of Topliss-reactive ketones (excluding diaryl/α,β-unsaturated/α-hetero) is 1. The van der Waals surface area contributed by atoms with Crippen molar-refractivity contribution in [3.63, 3.8) is 0 Å². The minimum atomic E-state index is -0.399. The Balaban J connectivity index is 1.93. The van der Waals surface area contributed by atoms with Gasteiger partial charge in [-0.2, -0.15) is 0 Å². The van der Waals surface area contributed by atoms with Crippen LogP contribution in [0.3, 0.4) is 0 Å². The summed E-state index contributed by atoms with van der Waals surface area (Å²) in [4.78, 5) is 34.0. The first-order valence-corrected chi connectivity index (χ1v) is 10.1. The van der Waals surface area contributed by atoms with Gasteiger partial charge in [0.25, 0.3) is 0 Å². The molecule has 0 heterocycles. The van der Waals surface area contributed by atoms with E-state index < -0.39 is 5.97 Å². The molecule has 0 bridgehead atoms. The normalized spacial score (nSPS) is 10.3. The first-order valence-electron chi connectivity index (χ1n) is 10.1. The van der Waals surface area contributed by atoms with E-state index in [1.54, 1.807) is 31.2 Å². The van der Waals surface area contributed by atoms with Gasteiger partial charge in [0.05, 0.1) is 19.8 Å². The zero-order valence-electron chi connectivity index (χ0n) is 17.5. The van der Waals surface area contributed by atoms with Crippen molar-refractivity contribution in [3.05, 3.63) is 42.0 Å². The predicted octanol–water partition coefficient (Wildman–Crippen LogP) is 4.66.